The second-order valence-corrected chi connectivity index (χ2v) is 6.03. The lowest BCUT2D eigenvalue weighted by molar-refractivity contribution is -0.123. The van der Waals surface area contributed by atoms with Crippen molar-refractivity contribution in [2.75, 3.05) is 7.11 Å². The second kappa shape index (κ2) is 5.39. The summed E-state index contributed by atoms with van der Waals surface area (Å²) in [5, 5.41) is 0. The molecule has 0 aliphatic heterocycles. The van der Waals surface area contributed by atoms with Gasteiger partial charge in [0.15, 0.2) is 5.96 Å². The van der Waals surface area contributed by atoms with E-state index >= 15 is 0 Å². The monoisotopic (exact) mass is 287 g/mol. The summed E-state index contributed by atoms with van der Waals surface area (Å²) < 4.78 is 5.20. The first-order chi connectivity index (χ1) is 10.1. The van der Waals surface area contributed by atoms with E-state index in [-0.39, 0.29) is 23.7 Å². The average Bonchev–Trinajstić information content (AvgIpc) is 3.07. The van der Waals surface area contributed by atoms with E-state index < -0.39 is 0 Å². The highest BCUT2D eigenvalue weighted by Crippen LogP contribution is 2.57. The van der Waals surface area contributed by atoms with Crippen LogP contribution in [0.3, 0.4) is 0 Å². The Bertz CT molecular complexity index is 563. The van der Waals surface area contributed by atoms with E-state index in [0.29, 0.717) is 11.8 Å². The van der Waals surface area contributed by atoms with Gasteiger partial charge in [-0.25, -0.2) is 0 Å². The van der Waals surface area contributed by atoms with Gasteiger partial charge in [0.25, 0.3) is 5.91 Å². The van der Waals surface area contributed by atoms with E-state index in [0.717, 1.165) is 18.6 Å². The zero-order chi connectivity index (χ0) is 15.0. The number of fused-ring (bicyclic) bond motifs is 2. The van der Waals surface area contributed by atoms with Crippen molar-refractivity contribution in [1.29, 1.82) is 0 Å². The summed E-state index contributed by atoms with van der Waals surface area (Å²) in [7, 11) is 1.65. The van der Waals surface area contributed by atoms with Crippen molar-refractivity contribution in [2.45, 2.75) is 25.2 Å². The maximum absolute atomic E-state index is 12.4. The number of carbonyl (C=O) groups excluding carboxylic acids is 1. The van der Waals surface area contributed by atoms with E-state index in [1.165, 1.54) is 12.0 Å². The normalized spacial score (nSPS) is 30.1. The first-order valence-electron chi connectivity index (χ1n) is 7.37. The van der Waals surface area contributed by atoms with Crippen LogP contribution < -0.4 is 16.2 Å². The van der Waals surface area contributed by atoms with Gasteiger partial charge in [-0.2, -0.15) is 4.99 Å². The second-order valence-electron chi connectivity index (χ2n) is 6.03. The van der Waals surface area contributed by atoms with Crippen LogP contribution in [0, 0.1) is 17.8 Å². The molecule has 5 nitrogen and oxygen atoms in total. The molecule has 0 heterocycles. The quantitative estimate of drug-likeness (QED) is 0.653. The number of amides is 1. The maximum Gasteiger partial charge on any atom is 0.252 e. The Hall–Kier alpha value is -2.04. The van der Waals surface area contributed by atoms with Crippen LogP contribution in [0.15, 0.2) is 29.3 Å². The van der Waals surface area contributed by atoms with Crippen molar-refractivity contribution in [3.8, 4) is 5.75 Å². The minimum absolute atomic E-state index is 0.0840. The number of benzene rings is 1. The molecular weight excluding hydrogens is 266 g/mol. The van der Waals surface area contributed by atoms with E-state index in [2.05, 4.69) is 17.1 Å². The largest absolute Gasteiger partial charge is 0.497 e. The molecule has 2 saturated carbocycles. The van der Waals surface area contributed by atoms with E-state index in [1.807, 2.05) is 12.1 Å². The highest BCUT2D eigenvalue weighted by atomic mass is 16.5. The Labute approximate surface area is 124 Å². The van der Waals surface area contributed by atoms with Gasteiger partial charge in [0.2, 0.25) is 0 Å². The third-order valence-corrected chi connectivity index (χ3v) is 4.94. The van der Waals surface area contributed by atoms with Gasteiger partial charge in [-0.15, -0.1) is 0 Å². The van der Waals surface area contributed by atoms with Gasteiger partial charge < -0.3 is 16.2 Å². The predicted octanol–water partition coefficient (Wildman–Crippen LogP) is 1.62. The standard InChI is InChI=1S/C16H21N3O2/c1-21-12-6-4-9(5-7-12)13-10-2-3-11(8-10)14(13)15(20)19-16(17)18/h4-7,10-11,13-14H,2-3,8H2,1H3,(H4,17,18,19,20)/t10?,11?,13-,14-/m1/s1. The molecule has 0 spiro atoms. The minimum atomic E-state index is -0.164. The number of hydrogen-bond acceptors (Lipinski definition) is 2. The summed E-state index contributed by atoms with van der Waals surface area (Å²) in [6.07, 6.45) is 3.40. The summed E-state index contributed by atoms with van der Waals surface area (Å²) in [4.78, 5) is 16.2. The van der Waals surface area contributed by atoms with Crippen molar-refractivity contribution < 1.29 is 9.53 Å². The fourth-order valence-electron chi connectivity index (χ4n) is 4.15. The Kier molecular flexibility index (Phi) is 3.57. The molecule has 21 heavy (non-hydrogen) atoms. The number of aliphatic imine (C=N–C) groups is 1. The molecule has 2 aliphatic carbocycles. The van der Waals surface area contributed by atoms with Crippen molar-refractivity contribution in [2.24, 2.45) is 34.2 Å². The van der Waals surface area contributed by atoms with Crippen LogP contribution in [-0.2, 0) is 4.79 Å². The van der Waals surface area contributed by atoms with Crippen molar-refractivity contribution in [1.82, 2.24) is 0 Å². The number of nitrogens with two attached hydrogens (primary N) is 2. The van der Waals surface area contributed by atoms with Crippen molar-refractivity contribution in [3.63, 3.8) is 0 Å². The molecule has 0 saturated heterocycles. The predicted molar refractivity (Wildman–Crippen MR) is 80.9 cm³/mol. The summed E-state index contributed by atoms with van der Waals surface area (Å²) in [6.45, 7) is 0. The Morgan fingerprint density at radius 1 is 1.19 bits per heavy atom. The smallest absolute Gasteiger partial charge is 0.252 e. The molecule has 4 N–H and O–H groups in total. The number of guanidine groups is 1. The molecule has 112 valence electrons. The number of ether oxygens (including phenoxy) is 1. The molecule has 1 aromatic rings. The average molecular weight is 287 g/mol. The summed E-state index contributed by atoms with van der Waals surface area (Å²) >= 11 is 0. The van der Waals surface area contributed by atoms with Crippen molar-refractivity contribution >= 4 is 11.9 Å². The molecule has 1 amide bonds. The summed E-state index contributed by atoms with van der Waals surface area (Å²) in [6, 6.07) is 8.01. The first-order valence-corrected chi connectivity index (χ1v) is 7.37. The molecule has 2 unspecified atom stereocenters. The minimum Gasteiger partial charge on any atom is -0.497 e. The third-order valence-electron chi connectivity index (χ3n) is 4.94. The Balaban J connectivity index is 1.90. The van der Waals surface area contributed by atoms with Crippen LogP contribution in [0.25, 0.3) is 0 Å². The first kappa shape index (κ1) is 13.9. The highest BCUT2D eigenvalue weighted by Gasteiger charge is 2.51. The summed E-state index contributed by atoms with van der Waals surface area (Å²) in [5.41, 5.74) is 11.9. The fraction of sp³-hybridized carbons (Fsp3) is 0.500. The zero-order valence-electron chi connectivity index (χ0n) is 12.2. The lowest BCUT2D eigenvalue weighted by atomic mass is 9.75. The number of rotatable bonds is 3. The number of carbonyl (C=O) groups is 1. The van der Waals surface area contributed by atoms with Gasteiger partial charge in [-0.3, -0.25) is 4.79 Å². The topological polar surface area (TPSA) is 90.7 Å². The third kappa shape index (κ3) is 2.48. The fourth-order valence-corrected chi connectivity index (χ4v) is 4.15. The molecular formula is C16H21N3O2. The number of methoxy groups -OCH3 is 1. The van der Waals surface area contributed by atoms with Gasteiger partial charge in [-0.1, -0.05) is 12.1 Å². The molecule has 5 heteroatoms. The van der Waals surface area contributed by atoms with Crippen LogP contribution in [0.1, 0.15) is 30.7 Å². The molecule has 0 aromatic heterocycles. The highest BCUT2D eigenvalue weighted by molar-refractivity contribution is 5.93. The maximum atomic E-state index is 12.4. The lowest BCUT2D eigenvalue weighted by Gasteiger charge is -2.29. The molecule has 2 fully saturated rings. The van der Waals surface area contributed by atoms with Gasteiger partial charge in [0, 0.05) is 0 Å². The Morgan fingerprint density at radius 3 is 2.48 bits per heavy atom. The van der Waals surface area contributed by atoms with Crippen molar-refractivity contribution in [3.05, 3.63) is 29.8 Å². The molecule has 3 rings (SSSR count). The lowest BCUT2D eigenvalue weighted by Crippen LogP contribution is -2.31. The SMILES string of the molecule is COc1ccc([C@@H]2C3CCC(C3)[C@H]2C(=O)N=C(N)N)cc1. The van der Waals surface area contributed by atoms with Crippen LogP contribution in [0.5, 0.6) is 5.75 Å². The van der Waals surface area contributed by atoms with Crippen LogP contribution in [0.4, 0.5) is 0 Å². The number of hydrogen-bond donors (Lipinski definition) is 2. The van der Waals surface area contributed by atoms with E-state index in [1.54, 1.807) is 7.11 Å². The van der Waals surface area contributed by atoms with Crippen LogP contribution >= 0.6 is 0 Å². The van der Waals surface area contributed by atoms with Crippen LogP contribution in [0.2, 0.25) is 0 Å². The zero-order valence-corrected chi connectivity index (χ0v) is 12.2. The summed E-state index contributed by atoms with van der Waals surface area (Å²) in [5.74, 6) is 1.64. The molecule has 2 aliphatic rings. The van der Waals surface area contributed by atoms with Crippen LogP contribution in [-0.4, -0.2) is 19.0 Å². The van der Waals surface area contributed by atoms with E-state index in [9.17, 15) is 4.79 Å². The van der Waals surface area contributed by atoms with Gasteiger partial charge in [0.05, 0.1) is 13.0 Å². The number of nitrogens with zero attached hydrogens (tertiary/aromatic N) is 1. The van der Waals surface area contributed by atoms with Gasteiger partial charge in [0.1, 0.15) is 5.75 Å². The van der Waals surface area contributed by atoms with Gasteiger partial charge >= 0.3 is 0 Å². The molecule has 2 bridgehead atoms. The van der Waals surface area contributed by atoms with E-state index in [4.69, 9.17) is 16.2 Å². The molecule has 0 radical (unpaired) electrons. The molecule has 4 atom stereocenters. The van der Waals surface area contributed by atoms with Gasteiger partial charge in [-0.05, 0) is 54.7 Å². The molecule has 1 aromatic carbocycles. The Morgan fingerprint density at radius 2 is 1.86 bits per heavy atom.